The number of rotatable bonds is 5. The van der Waals surface area contributed by atoms with Gasteiger partial charge in [0.25, 0.3) is 5.91 Å². The molecule has 0 fully saturated rings. The largest absolute Gasteiger partial charge is 0.444 e. The molecule has 0 saturated carbocycles. The predicted octanol–water partition coefficient (Wildman–Crippen LogP) is 3.61. The Balaban J connectivity index is 1.86. The first-order chi connectivity index (χ1) is 15.7. The van der Waals surface area contributed by atoms with Crippen molar-refractivity contribution in [3.8, 4) is 11.5 Å². The molecule has 0 bridgehead atoms. The summed E-state index contributed by atoms with van der Waals surface area (Å²) in [5.74, 6) is -0.956. The minimum absolute atomic E-state index is 0.0795. The summed E-state index contributed by atoms with van der Waals surface area (Å²) >= 11 is 0. The van der Waals surface area contributed by atoms with E-state index >= 15 is 0 Å². The molecule has 34 heavy (non-hydrogen) atoms. The fourth-order valence-electron chi connectivity index (χ4n) is 2.73. The molecule has 0 spiro atoms. The van der Waals surface area contributed by atoms with Gasteiger partial charge in [-0.25, -0.2) is 14.8 Å². The molecule has 0 atom stereocenters. The molecule has 14 heteroatoms. The quantitative estimate of drug-likeness (QED) is 0.563. The number of oxazole rings is 1. The van der Waals surface area contributed by atoms with E-state index in [-0.39, 0.29) is 34.5 Å². The lowest BCUT2D eigenvalue weighted by atomic mass is 10.2. The zero-order valence-corrected chi connectivity index (χ0v) is 18.7. The van der Waals surface area contributed by atoms with Gasteiger partial charge in [-0.05, 0) is 32.9 Å². The van der Waals surface area contributed by atoms with Gasteiger partial charge in [0.05, 0.1) is 6.20 Å². The van der Waals surface area contributed by atoms with Crippen molar-refractivity contribution in [2.45, 2.75) is 32.5 Å². The summed E-state index contributed by atoms with van der Waals surface area (Å²) in [6, 6.07) is 2.57. The number of nitrogens with one attached hydrogen (secondary N) is 1. The number of nitrogens with two attached hydrogens (primary N) is 1. The van der Waals surface area contributed by atoms with Gasteiger partial charge in [0, 0.05) is 18.8 Å². The van der Waals surface area contributed by atoms with Crippen LogP contribution in [0.4, 0.5) is 35.3 Å². The summed E-state index contributed by atoms with van der Waals surface area (Å²) in [5, 5.41) is 6.43. The van der Waals surface area contributed by atoms with Gasteiger partial charge in [-0.2, -0.15) is 18.3 Å². The molecular formula is C20H22F3N7O4. The van der Waals surface area contributed by atoms with Crippen LogP contribution in [0.25, 0.3) is 11.5 Å². The molecule has 0 unspecified atom stereocenters. The highest BCUT2D eigenvalue weighted by molar-refractivity contribution is 6.04. The third kappa shape index (κ3) is 6.24. The maximum atomic E-state index is 13.1. The second-order valence-electron chi connectivity index (χ2n) is 8.18. The number of amides is 2. The maximum absolute atomic E-state index is 13.1. The molecule has 0 aliphatic carbocycles. The fourth-order valence-corrected chi connectivity index (χ4v) is 2.73. The zero-order chi connectivity index (χ0) is 25.3. The van der Waals surface area contributed by atoms with Gasteiger partial charge >= 0.3 is 12.3 Å². The van der Waals surface area contributed by atoms with Crippen molar-refractivity contribution in [2.75, 3.05) is 22.5 Å². The molecule has 0 saturated heterocycles. The third-order valence-corrected chi connectivity index (χ3v) is 4.06. The van der Waals surface area contributed by atoms with Crippen LogP contribution < -0.4 is 16.0 Å². The average Bonchev–Trinajstić information content (AvgIpc) is 3.31. The molecule has 2 amide bonds. The Bertz CT molecular complexity index is 1200. The number of hydrogen-bond acceptors (Lipinski definition) is 8. The number of carbonyl (C=O) groups excluding carboxylic acids is 2. The Morgan fingerprint density at radius 2 is 2.00 bits per heavy atom. The number of aryl methyl sites for hydroxylation is 1. The van der Waals surface area contributed by atoms with Gasteiger partial charge in [-0.3, -0.25) is 14.4 Å². The van der Waals surface area contributed by atoms with E-state index in [0.29, 0.717) is 4.90 Å². The van der Waals surface area contributed by atoms with Crippen molar-refractivity contribution >= 4 is 29.3 Å². The van der Waals surface area contributed by atoms with E-state index in [4.69, 9.17) is 14.9 Å². The standard InChI is InChI=1S/C20H22F3N7O4/c1-19(2,3)34-18(32)30(10-20(21,22)23)14-7-11(5-6-25-14)17-27-13(9-33-17)16(31)26-12-8-29(4)28-15(12)24/h5-9H,10H2,1-4H3,(H2,24,28)(H,26,31). The highest BCUT2D eigenvalue weighted by Gasteiger charge is 2.36. The molecule has 0 aromatic carbocycles. The smallest absolute Gasteiger partial charge is 0.416 e. The van der Waals surface area contributed by atoms with Gasteiger partial charge in [0.2, 0.25) is 5.89 Å². The zero-order valence-electron chi connectivity index (χ0n) is 18.7. The summed E-state index contributed by atoms with van der Waals surface area (Å²) < 4.78 is 51.2. The highest BCUT2D eigenvalue weighted by atomic mass is 19.4. The van der Waals surface area contributed by atoms with Crippen LogP contribution in [0.2, 0.25) is 0 Å². The number of carbonyl (C=O) groups is 2. The first-order valence-corrected chi connectivity index (χ1v) is 9.81. The molecule has 3 aromatic heterocycles. The molecule has 0 radical (unpaired) electrons. The normalized spacial score (nSPS) is 11.9. The summed E-state index contributed by atoms with van der Waals surface area (Å²) in [6.45, 7) is 2.96. The Morgan fingerprint density at radius 1 is 1.29 bits per heavy atom. The predicted molar refractivity (Wildman–Crippen MR) is 115 cm³/mol. The van der Waals surface area contributed by atoms with Crippen LogP contribution >= 0.6 is 0 Å². The maximum Gasteiger partial charge on any atom is 0.416 e. The van der Waals surface area contributed by atoms with Crippen molar-refractivity contribution in [2.24, 2.45) is 7.05 Å². The van der Waals surface area contributed by atoms with Crippen LogP contribution in [-0.2, 0) is 11.8 Å². The number of hydrogen-bond donors (Lipinski definition) is 2. The highest BCUT2D eigenvalue weighted by Crippen LogP contribution is 2.27. The van der Waals surface area contributed by atoms with Gasteiger partial charge in [0.15, 0.2) is 11.5 Å². The van der Waals surface area contributed by atoms with Gasteiger partial charge in [-0.15, -0.1) is 0 Å². The Kier molecular flexibility index (Phi) is 6.52. The minimum atomic E-state index is -4.71. The molecule has 0 aliphatic heterocycles. The number of aromatic nitrogens is 4. The monoisotopic (exact) mass is 481 g/mol. The van der Waals surface area contributed by atoms with Crippen molar-refractivity contribution in [1.82, 2.24) is 19.7 Å². The van der Waals surface area contributed by atoms with Crippen molar-refractivity contribution in [3.05, 3.63) is 36.5 Å². The number of nitrogens with zero attached hydrogens (tertiary/aromatic N) is 5. The Hall–Kier alpha value is -4.10. The summed E-state index contributed by atoms with van der Waals surface area (Å²) in [6.07, 6.45) is -2.19. The summed E-state index contributed by atoms with van der Waals surface area (Å²) in [5.41, 5.74) is 5.00. The molecule has 3 N–H and O–H groups in total. The van der Waals surface area contributed by atoms with Crippen LogP contribution in [0.1, 0.15) is 31.3 Å². The summed E-state index contributed by atoms with van der Waals surface area (Å²) in [7, 11) is 1.63. The van der Waals surface area contributed by atoms with E-state index < -0.39 is 30.3 Å². The number of halogens is 3. The third-order valence-electron chi connectivity index (χ3n) is 4.06. The van der Waals surface area contributed by atoms with E-state index in [9.17, 15) is 22.8 Å². The Labute approximate surface area is 191 Å². The first kappa shape index (κ1) is 24.5. The fraction of sp³-hybridized carbons (Fsp3) is 0.350. The molecule has 11 nitrogen and oxygen atoms in total. The van der Waals surface area contributed by atoms with E-state index in [0.717, 1.165) is 6.26 Å². The van der Waals surface area contributed by atoms with E-state index in [1.54, 1.807) is 7.05 Å². The van der Waals surface area contributed by atoms with Crippen LogP contribution in [0.5, 0.6) is 0 Å². The molecular weight excluding hydrogens is 459 g/mol. The number of pyridine rings is 1. The SMILES string of the molecule is Cn1cc(NC(=O)c2coc(-c3ccnc(N(CC(F)(F)F)C(=O)OC(C)(C)C)c3)n2)c(N)n1. The number of alkyl halides is 3. The second-order valence-corrected chi connectivity index (χ2v) is 8.18. The lowest BCUT2D eigenvalue weighted by molar-refractivity contribution is -0.119. The lowest BCUT2D eigenvalue weighted by Gasteiger charge is -2.27. The van der Waals surface area contributed by atoms with Gasteiger partial charge in [-0.1, -0.05) is 0 Å². The van der Waals surface area contributed by atoms with Crippen molar-refractivity contribution in [3.63, 3.8) is 0 Å². The molecule has 3 rings (SSSR count). The van der Waals surface area contributed by atoms with Gasteiger partial charge in [0.1, 0.15) is 29.9 Å². The van der Waals surface area contributed by atoms with Gasteiger partial charge < -0.3 is 20.2 Å². The topological polar surface area (TPSA) is 141 Å². The van der Waals surface area contributed by atoms with Crippen LogP contribution in [0.15, 0.2) is 35.2 Å². The number of anilines is 3. The molecule has 0 aliphatic rings. The van der Waals surface area contributed by atoms with Crippen LogP contribution in [-0.4, -0.2) is 50.1 Å². The van der Waals surface area contributed by atoms with Crippen LogP contribution in [0.3, 0.4) is 0 Å². The van der Waals surface area contributed by atoms with E-state index in [1.807, 2.05) is 0 Å². The van der Waals surface area contributed by atoms with E-state index in [2.05, 4.69) is 20.4 Å². The molecule has 182 valence electrons. The van der Waals surface area contributed by atoms with E-state index in [1.165, 1.54) is 50.0 Å². The molecule has 3 heterocycles. The second kappa shape index (κ2) is 9.03. The Morgan fingerprint density at radius 3 is 2.59 bits per heavy atom. The lowest BCUT2D eigenvalue weighted by Crippen LogP contribution is -2.42. The van der Waals surface area contributed by atoms with Crippen LogP contribution in [0, 0.1) is 0 Å². The number of ether oxygens (including phenoxy) is 1. The molecule has 3 aromatic rings. The average molecular weight is 481 g/mol. The first-order valence-electron chi connectivity index (χ1n) is 9.81. The van der Waals surface area contributed by atoms with Crippen molar-refractivity contribution < 1.29 is 31.9 Å². The number of nitrogen functional groups attached to an aromatic ring is 1. The minimum Gasteiger partial charge on any atom is -0.444 e. The van der Waals surface area contributed by atoms with Crippen molar-refractivity contribution in [1.29, 1.82) is 0 Å². The summed E-state index contributed by atoms with van der Waals surface area (Å²) in [4.78, 5) is 33.2.